The summed E-state index contributed by atoms with van der Waals surface area (Å²) in [6.07, 6.45) is 0.280. The highest BCUT2D eigenvalue weighted by molar-refractivity contribution is 5.52. The Morgan fingerprint density at radius 3 is 2.52 bits per heavy atom. The number of benzene rings is 2. The first kappa shape index (κ1) is 11.2. The predicted octanol–water partition coefficient (Wildman–Crippen LogP) is 4.47. The lowest BCUT2D eigenvalue weighted by Gasteiger charge is -2.28. The molecule has 0 heterocycles. The third-order valence-corrected chi connectivity index (χ3v) is 3.19. The van der Waals surface area contributed by atoms with Crippen molar-refractivity contribution in [3.63, 3.8) is 0 Å². The van der Waals surface area contributed by atoms with E-state index in [1.165, 1.54) is 24.3 Å². The van der Waals surface area contributed by atoms with Crippen molar-refractivity contribution in [3.8, 4) is 0 Å². The Morgan fingerprint density at radius 2 is 1.95 bits per heavy atom. The first-order valence-electron chi connectivity index (χ1n) is 7.97. The minimum Gasteiger partial charge on any atom is -0.288 e. The highest BCUT2D eigenvalue weighted by atomic mass is 16.5. The zero-order chi connectivity index (χ0) is 17.7. The van der Waals surface area contributed by atoms with Gasteiger partial charge in [-0.3, -0.25) is 5.21 Å². The minimum atomic E-state index is -2.40. The Hall–Kier alpha value is -2.46. The van der Waals surface area contributed by atoms with Gasteiger partial charge in [0, 0.05) is 4.11 Å². The standard InChI is InChI=1S/C17H18N2O2/c1-13(2)17(12-14-6-4-3-5-7-14)19(21)16-10-8-15(18-20)9-11-16/h3-11,17,21H,1,12H2,2H3/i2D3. The van der Waals surface area contributed by atoms with Crippen LogP contribution in [-0.4, -0.2) is 11.2 Å². The van der Waals surface area contributed by atoms with Gasteiger partial charge in [0.15, 0.2) is 0 Å². The van der Waals surface area contributed by atoms with Gasteiger partial charge in [0.2, 0.25) is 0 Å². The van der Waals surface area contributed by atoms with Crippen LogP contribution in [0.4, 0.5) is 11.4 Å². The van der Waals surface area contributed by atoms with Gasteiger partial charge in [0.1, 0.15) is 5.69 Å². The van der Waals surface area contributed by atoms with E-state index in [9.17, 15) is 10.1 Å². The fourth-order valence-corrected chi connectivity index (χ4v) is 2.04. The molecule has 0 fully saturated rings. The van der Waals surface area contributed by atoms with Crippen molar-refractivity contribution in [2.75, 3.05) is 5.06 Å². The second-order valence-electron chi connectivity index (χ2n) is 4.68. The summed E-state index contributed by atoms with van der Waals surface area (Å²) in [6, 6.07) is 14.3. The van der Waals surface area contributed by atoms with E-state index in [0.29, 0.717) is 5.69 Å². The molecule has 4 nitrogen and oxygen atoms in total. The smallest absolute Gasteiger partial charge is 0.108 e. The third kappa shape index (κ3) is 3.77. The fraction of sp³-hybridized carbons (Fsp3) is 0.176. The van der Waals surface area contributed by atoms with Gasteiger partial charge < -0.3 is 0 Å². The van der Waals surface area contributed by atoms with Crippen molar-refractivity contribution in [2.45, 2.75) is 19.3 Å². The molecule has 4 heteroatoms. The molecule has 1 N–H and O–H groups in total. The first-order chi connectivity index (χ1) is 11.3. The molecular formula is C17H18N2O2. The van der Waals surface area contributed by atoms with E-state index in [-0.39, 0.29) is 17.7 Å². The highest BCUT2D eigenvalue weighted by Crippen LogP contribution is 2.23. The lowest BCUT2D eigenvalue weighted by molar-refractivity contribution is 0.227. The van der Waals surface area contributed by atoms with Crippen LogP contribution >= 0.6 is 0 Å². The number of hydrogen-bond acceptors (Lipinski definition) is 4. The zero-order valence-electron chi connectivity index (χ0n) is 14.4. The number of hydrogen-bond donors (Lipinski definition) is 1. The maximum absolute atomic E-state index is 10.6. The molecule has 0 saturated carbocycles. The van der Waals surface area contributed by atoms with Crippen molar-refractivity contribution in [1.29, 1.82) is 0 Å². The number of hydroxylamine groups is 1. The lowest BCUT2D eigenvalue weighted by Crippen LogP contribution is -2.34. The molecule has 2 aromatic carbocycles. The molecule has 2 rings (SSSR count). The number of nitroso groups, excluding NO2 is 1. The van der Waals surface area contributed by atoms with E-state index < -0.39 is 12.9 Å². The Morgan fingerprint density at radius 1 is 1.29 bits per heavy atom. The van der Waals surface area contributed by atoms with E-state index in [4.69, 9.17) is 4.11 Å². The fourth-order valence-electron chi connectivity index (χ4n) is 2.04. The van der Waals surface area contributed by atoms with Crippen LogP contribution in [0.2, 0.25) is 0 Å². The highest BCUT2D eigenvalue weighted by Gasteiger charge is 2.18. The van der Waals surface area contributed by atoms with Crippen molar-refractivity contribution < 1.29 is 9.32 Å². The van der Waals surface area contributed by atoms with Gasteiger partial charge in [-0.05, 0) is 48.3 Å². The largest absolute Gasteiger partial charge is 0.288 e. The summed E-state index contributed by atoms with van der Waals surface area (Å²) in [5.41, 5.74) is 1.39. The molecule has 0 aliphatic rings. The van der Waals surface area contributed by atoms with Crippen LogP contribution in [0, 0.1) is 4.91 Å². The molecule has 21 heavy (non-hydrogen) atoms. The Bertz CT molecular complexity index is 700. The SMILES string of the molecule is [2H]C([2H])([2H])C(=C)C(Cc1ccccc1)N(O)c1ccc(N=O)cc1. The van der Waals surface area contributed by atoms with Crippen molar-refractivity contribution in [1.82, 2.24) is 0 Å². The van der Waals surface area contributed by atoms with Crippen LogP contribution < -0.4 is 5.06 Å². The maximum atomic E-state index is 10.6. The molecule has 0 aliphatic carbocycles. The molecule has 1 unspecified atom stereocenters. The summed E-state index contributed by atoms with van der Waals surface area (Å²) in [5, 5.41) is 14.2. The molecule has 0 bridgehead atoms. The molecule has 108 valence electrons. The number of anilines is 1. The minimum absolute atomic E-state index is 0.0635. The van der Waals surface area contributed by atoms with E-state index in [0.717, 1.165) is 10.6 Å². The maximum Gasteiger partial charge on any atom is 0.108 e. The summed E-state index contributed by atoms with van der Waals surface area (Å²) in [4.78, 5) is 10.5. The summed E-state index contributed by atoms with van der Waals surface area (Å²) in [7, 11) is 0. The van der Waals surface area contributed by atoms with Crippen molar-refractivity contribution in [3.05, 3.63) is 77.2 Å². The predicted molar refractivity (Wildman–Crippen MR) is 84.9 cm³/mol. The van der Waals surface area contributed by atoms with Crippen LogP contribution in [0.1, 0.15) is 16.5 Å². The Labute approximate surface area is 128 Å². The van der Waals surface area contributed by atoms with Gasteiger partial charge in [-0.1, -0.05) is 42.5 Å². The monoisotopic (exact) mass is 285 g/mol. The normalized spacial score (nSPS) is 14.4. The molecular weight excluding hydrogens is 264 g/mol. The van der Waals surface area contributed by atoms with E-state index in [1.807, 2.05) is 30.3 Å². The van der Waals surface area contributed by atoms with Gasteiger partial charge >= 0.3 is 0 Å². The average molecular weight is 285 g/mol. The average Bonchev–Trinajstić information content (AvgIpc) is 2.58. The van der Waals surface area contributed by atoms with E-state index in [2.05, 4.69) is 11.8 Å². The zero-order valence-corrected chi connectivity index (χ0v) is 11.4. The first-order valence-corrected chi connectivity index (χ1v) is 6.47. The molecule has 0 saturated heterocycles. The summed E-state index contributed by atoms with van der Waals surface area (Å²) < 4.78 is 22.8. The van der Waals surface area contributed by atoms with Gasteiger partial charge in [-0.15, -0.1) is 4.91 Å². The molecule has 0 amide bonds. The van der Waals surface area contributed by atoms with E-state index >= 15 is 0 Å². The van der Waals surface area contributed by atoms with Crippen LogP contribution in [-0.2, 0) is 6.42 Å². The summed E-state index contributed by atoms with van der Waals surface area (Å²) in [6.45, 7) is 1.27. The second-order valence-corrected chi connectivity index (χ2v) is 4.68. The van der Waals surface area contributed by atoms with Crippen molar-refractivity contribution >= 4 is 11.4 Å². The van der Waals surface area contributed by atoms with Crippen LogP contribution in [0.3, 0.4) is 0 Å². The summed E-state index contributed by atoms with van der Waals surface area (Å²) >= 11 is 0. The molecule has 0 aromatic heterocycles. The number of nitrogens with zero attached hydrogens (tertiary/aromatic N) is 2. The summed E-state index contributed by atoms with van der Waals surface area (Å²) in [5.74, 6) is 0. The van der Waals surface area contributed by atoms with Gasteiger partial charge in [0.25, 0.3) is 0 Å². The Kier molecular flexibility index (Phi) is 3.64. The van der Waals surface area contributed by atoms with Crippen LogP contribution in [0.25, 0.3) is 0 Å². The second kappa shape index (κ2) is 6.81. The Balaban J connectivity index is 2.32. The van der Waals surface area contributed by atoms with Gasteiger partial charge in [0.05, 0.1) is 11.7 Å². The molecule has 0 radical (unpaired) electrons. The lowest BCUT2D eigenvalue weighted by atomic mass is 10.00. The van der Waals surface area contributed by atoms with Crippen molar-refractivity contribution in [2.24, 2.45) is 5.18 Å². The van der Waals surface area contributed by atoms with Gasteiger partial charge in [-0.2, -0.15) is 0 Å². The van der Waals surface area contributed by atoms with E-state index in [1.54, 1.807) is 0 Å². The molecule has 2 aromatic rings. The quantitative estimate of drug-likeness (QED) is 0.484. The topological polar surface area (TPSA) is 52.9 Å². The molecule has 0 spiro atoms. The van der Waals surface area contributed by atoms with Crippen LogP contribution in [0.5, 0.6) is 0 Å². The molecule has 0 aliphatic heterocycles. The molecule has 1 atom stereocenters. The van der Waals surface area contributed by atoms with Gasteiger partial charge in [-0.25, -0.2) is 5.06 Å². The van der Waals surface area contributed by atoms with Crippen LogP contribution in [0.15, 0.2) is 71.9 Å². The third-order valence-electron chi connectivity index (χ3n) is 3.19. The number of rotatable bonds is 6.